The summed E-state index contributed by atoms with van der Waals surface area (Å²) in [6.45, 7) is 2.98. The predicted octanol–water partition coefficient (Wildman–Crippen LogP) is 0.834. The highest BCUT2D eigenvalue weighted by Crippen LogP contribution is 2.27. The molecule has 0 unspecified atom stereocenters. The zero-order valence-corrected chi connectivity index (χ0v) is 12.6. The van der Waals surface area contributed by atoms with Gasteiger partial charge in [-0.15, -0.1) is 11.3 Å². The number of carbonyl (C=O) groups is 1. The number of nitrogens with one attached hydrogen (secondary N) is 1. The number of nitrogens with two attached hydrogens (primary N) is 2. The normalized spacial score (nSPS) is 13.8. The molecule has 0 radical (unpaired) electrons. The first kappa shape index (κ1) is 15.0. The maximum absolute atomic E-state index is 11.4. The molecule has 21 heavy (non-hydrogen) atoms. The fraction of sp³-hybridized carbons (Fsp3) is 0.308. The van der Waals surface area contributed by atoms with Crippen LogP contribution in [0.15, 0.2) is 34.3 Å². The van der Waals surface area contributed by atoms with E-state index in [9.17, 15) is 4.79 Å². The summed E-state index contributed by atoms with van der Waals surface area (Å²) in [5.74, 6) is 0.770. The summed E-state index contributed by atoms with van der Waals surface area (Å²) in [6, 6.07) is 0. The van der Waals surface area contributed by atoms with Crippen LogP contribution in [0.1, 0.15) is 13.3 Å². The minimum atomic E-state index is -0.0135. The van der Waals surface area contributed by atoms with E-state index in [1.165, 1.54) is 11.3 Å². The Labute approximate surface area is 127 Å². The predicted molar refractivity (Wildman–Crippen MR) is 85.5 cm³/mol. The third-order valence-electron chi connectivity index (χ3n) is 2.83. The van der Waals surface area contributed by atoms with Crippen LogP contribution in [-0.2, 0) is 4.79 Å². The number of hydrogen-bond acceptors (Lipinski definition) is 5. The second-order valence-electron chi connectivity index (χ2n) is 4.35. The lowest BCUT2D eigenvalue weighted by molar-refractivity contribution is -0.120. The second-order valence-corrected chi connectivity index (χ2v) is 5.19. The van der Waals surface area contributed by atoms with E-state index in [0.717, 1.165) is 11.5 Å². The Morgan fingerprint density at radius 3 is 3.10 bits per heavy atom. The molecule has 0 bridgehead atoms. The van der Waals surface area contributed by atoms with Crippen LogP contribution < -0.4 is 21.7 Å². The third-order valence-corrected chi connectivity index (χ3v) is 3.55. The molecule has 0 spiro atoms. The standard InChI is InChI=1S/C13H18N6OS/c1-2-11(20)16-7-9-5-3-4-6-19(9)10-8-21-13(17-10)18-12(14)15/h3-5,8H,2,6-7H2,1H3,(H,16,20)(H4,14,15,17,18). The number of allylic oxidation sites excluding steroid dienone is 2. The molecule has 1 aromatic rings. The third kappa shape index (κ3) is 4.06. The van der Waals surface area contributed by atoms with Gasteiger partial charge in [-0.25, -0.2) is 4.98 Å². The molecule has 0 aliphatic carbocycles. The molecule has 0 fully saturated rings. The van der Waals surface area contributed by atoms with Crippen molar-refractivity contribution in [2.45, 2.75) is 13.3 Å². The van der Waals surface area contributed by atoms with Crippen LogP contribution in [0, 0.1) is 0 Å². The number of hydrogen-bond donors (Lipinski definition) is 3. The zero-order valence-electron chi connectivity index (χ0n) is 11.7. The summed E-state index contributed by atoms with van der Waals surface area (Å²) in [6.07, 6.45) is 6.41. The van der Waals surface area contributed by atoms with Crippen molar-refractivity contribution in [2.75, 3.05) is 18.0 Å². The van der Waals surface area contributed by atoms with Gasteiger partial charge in [0, 0.05) is 24.0 Å². The van der Waals surface area contributed by atoms with Gasteiger partial charge in [0.25, 0.3) is 0 Å². The summed E-state index contributed by atoms with van der Waals surface area (Å²) in [4.78, 5) is 21.7. The maximum atomic E-state index is 11.4. The fourth-order valence-electron chi connectivity index (χ4n) is 1.80. The van der Waals surface area contributed by atoms with Crippen LogP contribution in [0.4, 0.5) is 10.9 Å². The quantitative estimate of drug-likeness (QED) is 0.551. The van der Waals surface area contributed by atoms with Crippen molar-refractivity contribution in [2.24, 2.45) is 16.5 Å². The summed E-state index contributed by atoms with van der Waals surface area (Å²) in [7, 11) is 0. The maximum Gasteiger partial charge on any atom is 0.220 e. The van der Waals surface area contributed by atoms with Gasteiger partial charge in [0.05, 0.1) is 6.54 Å². The number of aromatic nitrogens is 1. The summed E-state index contributed by atoms with van der Waals surface area (Å²) >= 11 is 1.36. The number of carbonyl (C=O) groups excluding carboxylic acids is 1. The molecule has 1 amide bonds. The zero-order chi connectivity index (χ0) is 15.2. The van der Waals surface area contributed by atoms with E-state index in [2.05, 4.69) is 15.3 Å². The number of guanidine groups is 1. The number of rotatable bonds is 5. The van der Waals surface area contributed by atoms with E-state index >= 15 is 0 Å². The van der Waals surface area contributed by atoms with Gasteiger partial charge in [-0.2, -0.15) is 4.99 Å². The molecule has 0 saturated carbocycles. The van der Waals surface area contributed by atoms with Gasteiger partial charge in [0.2, 0.25) is 11.0 Å². The van der Waals surface area contributed by atoms with Crippen LogP contribution in [0.5, 0.6) is 0 Å². The molecule has 2 rings (SSSR count). The molecule has 1 aromatic heterocycles. The Bertz CT molecular complexity index is 600. The lowest BCUT2D eigenvalue weighted by Gasteiger charge is -2.26. The van der Waals surface area contributed by atoms with Gasteiger partial charge in [0.1, 0.15) is 5.82 Å². The van der Waals surface area contributed by atoms with Crippen LogP contribution in [0.3, 0.4) is 0 Å². The number of anilines is 1. The minimum absolute atomic E-state index is 0.0135. The highest BCUT2D eigenvalue weighted by molar-refractivity contribution is 7.13. The number of thiazole rings is 1. The van der Waals surface area contributed by atoms with Crippen molar-refractivity contribution < 1.29 is 4.79 Å². The van der Waals surface area contributed by atoms with E-state index < -0.39 is 0 Å². The van der Waals surface area contributed by atoms with Crippen LogP contribution >= 0.6 is 11.3 Å². The molecular weight excluding hydrogens is 288 g/mol. The molecular formula is C13H18N6OS. The molecule has 0 atom stereocenters. The lowest BCUT2D eigenvalue weighted by Crippen LogP contribution is -2.34. The van der Waals surface area contributed by atoms with E-state index in [1.807, 2.05) is 35.4 Å². The van der Waals surface area contributed by atoms with Gasteiger partial charge < -0.3 is 21.7 Å². The molecule has 1 aliphatic heterocycles. The highest BCUT2D eigenvalue weighted by atomic mass is 32.1. The van der Waals surface area contributed by atoms with Crippen molar-refractivity contribution in [3.63, 3.8) is 0 Å². The average molecular weight is 306 g/mol. The minimum Gasteiger partial charge on any atom is -0.370 e. The highest BCUT2D eigenvalue weighted by Gasteiger charge is 2.16. The first-order chi connectivity index (χ1) is 10.1. The first-order valence-electron chi connectivity index (χ1n) is 6.55. The van der Waals surface area contributed by atoms with Crippen molar-refractivity contribution >= 4 is 34.2 Å². The van der Waals surface area contributed by atoms with E-state index in [-0.39, 0.29) is 11.9 Å². The second kappa shape index (κ2) is 6.89. The average Bonchev–Trinajstić information content (AvgIpc) is 2.92. The topological polar surface area (TPSA) is 110 Å². The van der Waals surface area contributed by atoms with E-state index in [1.54, 1.807) is 0 Å². The molecule has 7 nitrogen and oxygen atoms in total. The molecule has 112 valence electrons. The van der Waals surface area contributed by atoms with Gasteiger partial charge in [-0.05, 0) is 6.08 Å². The Morgan fingerprint density at radius 2 is 2.38 bits per heavy atom. The van der Waals surface area contributed by atoms with Crippen molar-refractivity contribution in [1.82, 2.24) is 10.3 Å². The smallest absolute Gasteiger partial charge is 0.220 e. The van der Waals surface area contributed by atoms with Crippen LogP contribution in [0.2, 0.25) is 0 Å². The first-order valence-corrected chi connectivity index (χ1v) is 7.43. The van der Waals surface area contributed by atoms with Crippen molar-refractivity contribution in [3.8, 4) is 0 Å². The fourth-order valence-corrected chi connectivity index (χ4v) is 2.50. The number of amides is 1. The van der Waals surface area contributed by atoms with Gasteiger partial charge in [-0.3, -0.25) is 4.79 Å². The van der Waals surface area contributed by atoms with Crippen LogP contribution in [0.25, 0.3) is 0 Å². The number of aliphatic imine (C=N–C) groups is 1. The summed E-state index contributed by atoms with van der Waals surface area (Å²) < 4.78 is 0. The monoisotopic (exact) mass is 306 g/mol. The molecule has 0 saturated heterocycles. The largest absolute Gasteiger partial charge is 0.370 e. The van der Waals surface area contributed by atoms with Crippen molar-refractivity contribution in [1.29, 1.82) is 0 Å². The van der Waals surface area contributed by atoms with Crippen LogP contribution in [-0.4, -0.2) is 29.9 Å². The van der Waals surface area contributed by atoms with Gasteiger partial charge in [-0.1, -0.05) is 19.1 Å². The molecule has 2 heterocycles. The van der Waals surface area contributed by atoms with E-state index in [0.29, 0.717) is 24.6 Å². The molecule has 0 aromatic carbocycles. The SMILES string of the molecule is CCC(=O)NCC1=CC=CCN1c1csc(N=C(N)N)n1. The molecule has 8 heteroatoms. The number of nitrogens with zero attached hydrogens (tertiary/aromatic N) is 3. The Hall–Kier alpha value is -2.35. The summed E-state index contributed by atoms with van der Waals surface area (Å²) in [5.41, 5.74) is 11.7. The summed E-state index contributed by atoms with van der Waals surface area (Å²) in [5, 5.41) is 5.26. The van der Waals surface area contributed by atoms with E-state index in [4.69, 9.17) is 11.5 Å². The Balaban J connectivity index is 2.12. The Morgan fingerprint density at radius 1 is 1.57 bits per heavy atom. The molecule has 1 aliphatic rings. The van der Waals surface area contributed by atoms with Crippen molar-refractivity contribution in [3.05, 3.63) is 29.3 Å². The van der Waals surface area contributed by atoms with Gasteiger partial charge >= 0.3 is 0 Å². The molecule has 5 N–H and O–H groups in total. The lowest BCUT2D eigenvalue weighted by atomic mass is 10.2. The Kier molecular flexibility index (Phi) is 4.94. The van der Waals surface area contributed by atoms with Gasteiger partial charge in [0.15, 0.2) is 5.96 Å².